The van der Waals surface area contributed by atoms with Crippen LogP contribution in [0.1, 0.15) is 29.2 Å². The summed E-state index contributed by atoms with van der Waals surface area (Å²) in [6.45, 7) is 0.212. The van der Waals surface area contributed by atoms with Crippen LogP contribution in [0.15, 0.2) is 36.4 Å². The second-order valence-corrected chi connectivity index (χ2v) is 5.66. The molecule has 110 valence electrons. The molecular weight excluding hydrogens is 289 g/mol. The first-order valence-electron chi connectivity index (χ1n) is 7.05. The molecule has 0 radical (unpaired) electrons. The molecule has 1 atom stereocenters. The molecule has 2 aromatic carbocycles. The van der Waals surface area contributed by atoms with Crippen molar-refractivity contribution < 1.29 is 9.13 Å². The number of hydrogen-bond donors (Lipinski definition) is 1. The van der Waals surface area contributed by atoms with E-state index in [2.05, 4.69) is 11.4 Å². The maximum atomic E-state index is 13.8. The predicted octanol–water partition coefficient (Wildman–Crippen LogP) is 4.26. The molecule has 1 aliphatic rings. The molecule has 1 N–H and O–H groups in total. The highest BCUT2D eigenvalue weighted by atomic mass is 35.5. The number of ether oxygens (including phenoxy) is 1. The van der Waals surface area contributed by atoms with Gasteiger partial charge in [-0.25, -0.2) is 4.39 Å². The summed E-state index contributed by atoms with van der Waals surface area (Å²) in [7, 11) is 1.97. The minimum absolute atomic E-state index is 0.212. The summed E-state index contributed by atoms with van der Waals surface area (Å²) in [5.74, 6) is 0.516. The number of halogens is 2. The zero-order valence-electron chi connectivity index (χ0n) is 11.8. The van der Waals surface area contributed by atoms with E-state index in [0.29, 0.717) is 16.6 Å². The highest BCUT2D eigenvalue weighted by Gasteiger charge is 2.23. The van der Waals surface area contributed by atoms with Crippen molar-refractivity contribution in [2.45, 2.75) is 25.5 Å². The number of hydrogen-bond acceptors (Lipinski definition) is 2. The lowest BCUT2D eigenvalue weighted by molar-refractivity contribution is 0.297. The first kappa shape index (κ1) is 14.4. The Balaban J connectivity index is 1.79. The molecule has 0 saturated heterocycles. The molecule has 2 nitrogen and oxygen atoms in total. The van der Waals surface area contributed by atoms with Crippen LogP contribution in [0.5, 0.6) is 5.75 Å². The molecule has 21 heavy (non-hydrogen) atoms. The van der Waals surface area contributed by atoms with Crippen LogP contribution in [0.2, 0.25) is 5.02 Å². The van der Waals surface area contributed by atoms with E-state index < -0.39 is 0 Å². The Morgan fingerprint density at radius 2 is 2.19 bits per heavy atom. The Kier molecular flexibility index (Phi) is 4.13. The van der Waals surface area contributed by atoms with Crippen LogP contribution in [0.4, 0.5) is 4.39 Å². The average molecular weight is 306 g/mol. The van der Waals surface area contributed by atoms with Gasteiger partial charge in [-0.1, -0.05) is 29.8 Å². The Labute approximate surface area is 128 Å². The fraction of sp³-hybridized carbons (Fsp3) is 0.294. The van der Waals surface area contributed by atoms with Gasteiger partial charge >= 0.3 is 0 Å². The standard InChI is InChI=1S/C17H17ClFNO/c1-20-16-8-7-14-13(16)3-2-4-17(14)21-10-11-5-6-12(18)9-15(11)19/h2-6,9,16,20H,7-8,10H2,1H3. The van der Waals surface area contributed by atoms with Crippen molar-refractivity contribution in [3.05, 3.63) is 63.9 Å². The minimum Gasteiger partial charge on any atom is -0.489 e. The smallest absolute Gasteiger partial charge is 0.131 e. The molecule has 4 heteroatoms. The fourth-order valence-corrected chi connectivity index (χ4v) is 3.01. The third-order valence-corrected chi connectivity index (χ3v) is 4.21. The third kappa shape index (κ3) is 2.89. The maximum absolute atomic E-state index is 13.8. The number of benzene rings is 2. The topological polar surface area (TPSA) is 21.3 Å². The molecule has 0 spiro atoms. The Morgan fingerprint density at radius 3 is 2.95 bits per heavy atom. The average Bonchev–Trinajstić information content (AvgIpc) is 2.90. The third-order valence-electron chi connectivity index (χ3n) is 3.97. The van der Waals surface area contributed by atoms with Crippen LogP contribution in [-0.4, -0.2) is 7.05 Å². The van der Waals surface area contributed by atoms with Crippen LogP contribution in [0.25, 0.3) is 0 Å². The first-order chi connectivity index (χ1) is 10.2. The maximum Gasteiger partial charge on any atom is 0.131 e. The molecule has 0 saturated carbocycles. The van der Waals surface area contributed by atoms with Crippen molar-refractivity contribution in [1.82, 2.24) is 5.32 Å². The van der Waals surface area contributed by atoms with Gasteiger partial charge < -0.3 is 10.1 Å². The van der Waals surface area contributed by atoms with Gasteiger partial charge in [-0.2, -0.15) is 0 Å². The summed E-state index contributed by atoms with van der Waals surface area (Å²) in [5.41, 5.74) is 3.03. The zero-order valence-corrected chi connectivity index (χ0v) is 12.6. The molecule has 0 aliphatic heterocycles. The van der Waals surface area contributed by atoms with Crippen LogP contribution < -0.4 is 10.1 Å². The quantitative estimate of drug-likeness (QED) is 0.911. The summed E-state index contributed by atoms with van der Waals surface area (Å²) in [6.07, 6.45) is 2.06. The Morgan fingerprint density at radius 1 is 1.33 bits per heavy atom. The van der Waals surface area contributed by atoms with Crippen molar-refractivity contribution in [1.29, 1.82) is 0 Å². The zero-order chi connectivity index (χ0) is 14.8. The molecule has 1 aliphatic carbocycles. The highest BCUT2D eigenvalue weighted by Crippen LogP contribution is 2.37. The van der Waals surface area contributed by atoms with Gasteiger partial charge in [-0.05, 0) is 49.2 Å². The van der Waals surface area contributed by atoms with E-state index in [1.54, 1.807) is 12.1 Å². The molecule has 2 aromatic rings. The van der Waals surface area contributed by atoms with Crippen LogP contribution >= 0.6 is 11.6 Å². The summed E-state index contributed by atoms with van der Waals surface area (Å²) in [6, 6.07) is 11.1. The Hall–Kier alpha value is -1.58. The molecule has 1 unspecified atom stereocenters. The largest absolute Gasteiger partial charge is 0.489 e. The second kappa shape index (κ2) is 6.04. The minimum atomic E-state index is -0.330. The van der Waals surface area contributed by atoms with Gasteiger partial charge in [-0.15, -0.1) is 0 Å². The van der Waals surface area contributed by atoms with Crippen molar-refractivity contribution in [3.8, 4) is 5.75 Å². The molecule has 0 aromatic heterocycles. The Bertz CT molecular complexity index is 659. The normalized spacial score (nSPS) is 16.8. The van der Waals surface area contributed by atoms with Gasteiger partial charge in [0.2, 0.25) is 0 Å². The van der Waals surface area contributed by atoms with E-state index >= 15 is 0 Å². The van der Waals surface area contributed by atoms with E-state index in [1.165, 1.54) is 17.2 Å². The lowest BCUT2D eigenvalue weighted by Gasteiger charge is -2.13. The summed E-state index contributed by atoms with van der Waals surface area (Å²) < 4.78 is 19.6. The van der Waals surface area contributed by atoms with Gasteiger partial charge in [0.1, 0.15) is 18.2 Å². The first-order valence-corrected chi connectivity index (χ1v) is 7.42. The van der Waals surface area contributed by atoms with Gasteiger partial charge in [0.15, 0.2) is 0 Å². The number of rotatable bonds is 4. The summed E-state index contributed by atoms with van der Waals surface area (Å²) in [5, 5.41) is 3.70. The molecule has 0 bridgehead atoms. The number of nitrogens with one attached hydrogen (secondary N) is 1. The predicted molar refractivity (Wildman–Crippen MR) is 82.3 cm³/mol. The van der Waals surface area contributed by atoms with Crippen molar-refractivity contribution in [3.63, 3.8) is 0 Å². The van der Waals surface area contributed by atoms with Crippen molar-refractivity contribution in [2.75, 3.05) is 7.05 Å². The monoisotopic (exact) mass is 305 g/mol. The van der Waals surface area contributed by atoms with Gasteiger partial charge in [0, 0.05) is 16.6 Å². The van der Waals surface area contributed by atoms with Crippen LogP contribution in [0.3, 0.4) is 0 Å². The summed E-state index contributed by atoms with van der Waals surface area (Å²) >= 11 is 5.76. The molecule has 0 amide bonds. The van der Waals surface area contributed by atoms with Crippen LogP contribution in [0, 0.1) is 5.82 Å². The molecule has 3 rings (SSSR count). The molecule has 0 heterocycles. The van der Waals surface area contributed by atoms with Crippen molar-refractivity contribution >= 4 is 11.6 Å². The molecular formula is C17H17ClFNO. The van der Waals surface area contributed by atoms with Crippen molar-refractivity contribution in [2.24, 2.45) is 0 Å². The van der Waals surface area contributed by atoms with Crippen LogP contribution in [-0.2, 0) is 13.0 Å². The van der Waals surface area contributed by atoms with E-state index in [0.717, 1.165) is 18.6 Å². The van der Waals surface area contributed by atoms with E-state index in [4.69, 9.17) is 16.3 Å². The SMILES string of the molecule is CNC1CCc2c(OCc3ccc(Cl)cc3F)cccc21. The van der Waals surface area contributed by atoms with E-state index in [-0.39, 0.29) is 12.4 Å². The molecule has 0 fully saturated rings. The highest BCUT2D eigenvalue weighted by molar-refractivity contribution is 6.30. The van der Waals surface area contributed by atoms with Gasteiger partial charge in [0.05, 0.1) is 0 Å². The summed E-state index contributed by atoms with van der Waals surface area (Å²) in [4.78, 5) is 0. The van der Waals surface area contributed by atoms with Gasteiger partial charge in [0.25, 0.3) is 0 Å². The van der Waals surface area contributed by atoms with E-state index in [9.17, 15) is 4.39 Å². The lowest BCUT2D eigenvalue weighted by atomic mass is 10.1. The lowest BCUT2D eigenvalue weighted by Crippen LogP contribution is -2.12. The second-order valence-electron chi connectivity index (χ2n) is 5.23. The van der Waals surface area contributed by atoms with E-state index in [1.807, 2.05) is 19.2 Å². The fourth-order valence-electron chi connectivity index (χ4n) is 2.85. The number of fused-ring (bicyclic) bond motifs is 1. The van der Waals surface area contributed by atoms with Gasteiger partial charge in [-0.3, -0.25) is 0 Å².